The highest BCUT2D eigenvalue weighted by atomic mass is 32.2. The smallest absolute Gasteiger partial charge is 0.387 e. The normalized spacial score (nSPS) is 25.6. The van der Waals surface area contributed by atoms with E-state index >= 15 is 0 Å². The van der Waals surface area contributed by atoms with Crippen LogP contribution in [0, 0.1) is 5.92 Å². The van der Waals surface area contributed by atoms with Gasteiger partial charge in [0.1, 0.15) is 34.6 Å². The molecular weight excluding hydrogens is 524 g/mol. The third-order valence-corrected chi connectivity index (χ3v) is 8.75. The van der Waals surface area contributed by atoms with E-state index in [0.717, 1.165) is 0 Å². The predicted molar refractivity (Wildman–Crippen MR) is 133 cm³/mol. The van der Waals surface area contributed by atoms with Crippen molar-refractivity contribution in [2.24, 2.45) is 5.92 Å². The molecule has 0 bridgehead atoms. The number of anilines is 1. The predicted octanol–water partition coefficient (Wildman–Crippen LogP) is 2.91. The number of hydrogen-bond acceptors (Lipinski definition) is 10. The molecule has 0 unspecified atom stereocenters. The van der Waals surface area contributed by atoms with Gasteiger partial charge in [0.05, 0.1) is 17.6 Å². The Labute approximate surface area is 218 Å². The van der Waals surface area contributed by atoms with Crippen molar-refractivity contribution in [2.75, 3.05) is 16.8 Å². The molecule has 2 saturated heterocycles. The summed E-state index contributed by atoms with van der Waals surface area (Å²) in [5.41, 5.74) is 1.41. The quantitative estimate of drug-likeness (QED) is 0.428. The number of aliphatic hydroxyl groups is 1. The summed E-state index contributed by atoms with van der Waals surface area (Å²) in [6.45, 7) is 0.950. The third-order valence-electron chi connectivity index (χ3n) is 7.04. The van der Waals surface area contributed by atoms with Crippen LogP contribution in [0.4, 0.5) is 14.7 Å². The third kappa shape index (κ3) is 5.52. The molecule has 2 aliphatic rings. The molecule has 0 amide bonds. The molecule has 2 N–H and O–H groups in total. The highest BCUT2D eigenvalue weighted by Gasteiger charge is 2.42. The lowest BCUT2D eigenvalue weighted by atomic mass is 10.0. The zero-order valence-electron chi connectivity index (χ0n) is 20.8. The van der Waals surface area contributed by atoms with Gasteiger partial charge in [0, 0.05) is 12.0 Å². The molecule has 3 aromatic rings. The Morgan fingerprint density at radius 1 is 1.18 bits per heavy atom. The Kier molecular flexibility index (Phi) is 7.38. The molecule has 11 nitrogen and oxygen atoms in total. The number of ether oxygens (including phenoxy) is 3. The number of nitrogens with one attached hydrogen (secondary N) is 1. The number of halogens is 2. The summed E-state index contributed by atoms with van der Waals surface area (Å²) in [4.78, 5) is 13.3. The molecule has 4 heterocycles. The molecule has 5 rings (SSSR count). The van der Waals surface area contributed by atoms with Crippen molar-refractivity contribution in [1.82, 2.24) is 19.5 Å². The summed E-state index contributed by atoms with van der Waals surface area (Å²) in [5.74, 6) is 0.614. The van der Waals surface area contributed by atoms with Crippen LogP contribution in [0.1, 0.15) is 38.5 Å². The Bertz CT molecular complexity index is 1370. The molecule has 0 radical (unpaired) electrons. The molecule has 14 heteroatoms. The van der Waals surface area contributed by atoms with Gasteiger partial charge in [-0.3, -0.25) is 4.57 Å². The van der Waals surface area contributed by atoms with E-state index < -0.39 is 28.8 Å². The number of nitrogens with zero attached hydrogens (tertiary/aromatic N) is 4. The summed E-state index contributed by atoms with van der Waals surface area (Å²) in [7, 11) is -3.05. The number of aliphatic hydroxyl groups excluding tert-OH is 1. The lowest BCUT2D eigenvalue weighted by Gasteiger charge is -2.26. The molecule has 38 heavy (non-hydrogen) atoms. The number of hydrogen-bond donors (Lipinski definition) is 2. The number of benzene rings is 1. The first kappa shape index (κ1) is 26.5. The second kappa shape index (κ2) is 10.6. The van der Waals surface area contributed by atoms with E-state index in [-0.39, 0.29) is 47.8 Å². The minimum Gasteiger partial charge on any atom is -0.471 e. The number of rotatable bonds is 8. The van der Waals surface area contributed by atoms with Gasteiger partial charge in [0.2, 0.25) is 11.8 Å². The van der Waals surface area contributed by atoms with Crippen molar-refractivity contribution in [2.45, 2.75) is 64.4 Å². The molecule has 1 aromatic carbocycles. The van der Waals surface area contributed by atoms with E-state index in [1.54, 1.807) is 16.7 Å². The molecule has 2 aromatic heterocycles. The SMILES string of the molecule is C[C@H]1[C@@H](O)[C@H](n2c(NC3CCS(=O)(=O)CC3)nc3c(OCc4ccc(OC(F)F)cc4)ncnc32)O[C@@H]1C. The van der Waals surface area contributed by atoms with Crippen molar-refractivity contribution in [1.29, 1.82) is 0 Å². The van der Waals surface area contributed by atoms with Crippen molar-refractivity contribution in [3.63, 3.8) is 0 Å². The minimum atomic E-state index is -3.05. The standard InChI is InChI=1S/C24H29F2N5O6S/c1-13-14(2)36-22(19(13)32)31-20-18(30-24(31)29-16-7-9-38(33,34)10-8-16)21(28-12-27-20)35-11-15-3-5-17(6-4-15)37-23(25)26/h3-6,12-14,16,19,22-23,32H,7-11H2,1-2H3,(H,29,30)/t13-,14-,19-,22-/m1/s1. The van der Waals surface area contributed by atoms with Crippen LogP contribution in [-0.4, -0.2) is 69.4 Å². The molecule has 206 valence electrons. The number of fused-ring (bicyclic) bond motifs is 1. The van der Waals surface area contributed by atoms with Crippen LogP contribution in [0.25, 0.3) is 11.2 Å². The fourth-order valence-corrected chi connectivity index (χ4v) is 6.14. The Hall–Kier alpha value is -3.10. The minimum absolute atomic E-state index is 0.0386. The van der Waals surface area contributed by atoms with Crippen molar-refractivity contribution >= 4 is 26.9 Å². The van der Waals surface area contributed by atoms with Gasteiger partial charge in [-0.1, -0.05) is 19.1 Å². The maximum absolute atomic E-state index is 12.4. The average Bonchev–Trinajstić information content (AvgIpc) is 3.36. The van der Waals surface area contributed by atoms with Crippen molar-refractivity contribution in [3.05, 3.63) is 36.2 Å². The summed E-state index contributed by atoms with van der Waals surface area (Å²) >= 11 is 0. The summed E-state index contributed by atoms with van der Waals surface area (Å²) < 4.78 is 66.7. The Balaban J connectivity index is 1.44. The second-order valence-electron chi connectivity index (χ2n) is 9.62. The number of alkyl halides is 2. The van der Waals surface area contributed by atoms with Gasteiger partial charge in [0.25, 0.3) is 0 Å². The van der Waals surface area contributed by atoms with Crippen molar-refractivity contribution < 1.29 is 36.5 Å². The van der Waals surface area contributed by atoms with E-state index in [4.69, 9.17) is 9.47 Å². The van der Waals surface area contributed by atoms with Crippen LogP contribution < -0.4 is 14.8 Å². The van der Waals surface area contributed by atoms with Crippen LogP contribution in [0.3, 0.4) is 0 Å². The zero-order valence-corrected chi connectivity index (χ0v) is 21.6. The van der Waals surface area contributed by atoms with Crippen LogP contribution in [0.5, 0.6) is 11.6 Å². The van der Waals surface area contributed by atoms with Crippen LogP contribution in [0.15, 0.2) is 30.6 Å². The average molecular weight is 554 g/mol. The molecule has 0 saturated carbocycles. The van der Waals surface area contributed by atoms with E-state index in [0.29, 0.717) is 35.5 Å². The molecule has 0 spiro atoms. The van der Waals surface area contributed by atoms with Gasteiger partial charge < -0.3 is 24.6 Å². The first-order chi connectivity index (χ1) is 18.1. The van der Waals surface area contributed by atoms with Gasteiger partial charge in [0.15, 0.2) is 17.4 Å². The summed E-state index contributed by atoms with van der Waals surface area (Å²) in [6.07, 6.45) is 0.350. The van der Waals surface area contributed by atoms with Gasteiger partial charge in [-0.2, -0.15) is 13.8 Å². The van der Waals surface area contributed by atoms with E-state index in [9.17, 15) is 22.3 Å². The van der Waals surface area contributed by atoms with E-state index in [1.165, 1.54) is 18.5 Å². The van der Waals surface area contributed by atoms with E-state index in [1.807, 2.05) is 13.8 Å². The maximum atomic E-state index is 12.4. The largest absolute Gasteiger partial charge is 0.471 e. The monoisotopic (exact) mass is 553 g/mol. The number of aromatic nitrogens is 4. The molecule has 4 atom stereocenters. The first-order valence-electron chi connectivity index (χ1n) is 12.3. The summed E-state index contributed by atoms with van der Waals surface area (Å²) in [6, 6.07) is 5.90. The van der Waals surface area contributed by atoms with E-state index in [2.05, 4.69) is 25.0 Å². The lowest BCUT2D eigenvalue weighted by molar-refractivity contribution is -0.0498. The van der Waals surface area contributed by atoms with Crippen LogP contribution >= 0.6 is 0 Å². The molecular formula is C24H29F2N5O6S. The maximum Gasteiger partial charge on any atom is 0.387 e. The molecule has 2 aliphatic heterocycles. The van der Waals surface area contributed by atoms with Crippen molar-refractivity contribution in [3.8, 4) is 11.6 Å². The van der Waals surface area contributed by atoms with Crippen LogP contribution in [0.2, 0.25) is 0 Å². The lowest BCUT2D eigenvalue weighted by Crippen LogP contribution is -2.34. The second-order valence-corrected chi connectivity index (χ2v) is 11.9. The van der Waals surface area contributed by atoms with Gasteiger partial charge >= 0.3 is 6.61 Å². The van der Waals surface area contributed by atoms with Gasteiger partial charge in [-0.15, -0.1) is 0 Å². The molecule has 0 aliphatic carbocycles. The fourth-order valence-electron chi connectivity index (χ4n) is 4.65. The fraction of sp³-hybridized carbons (Fsp3) is 0.542. The highest BCUT2D eigenvalue weighted by Crippen LogP contribution is 2.39. The highest BCUT2D eigenvalue weighted by molar-refractivity contribution is 7.91. The Morgan fingerprint density at radius 3 is 2.53 bits per heavy atom. The number of sulfone groups is 1. The van der Waals surface area contributed by atoms with Gasteiger partial charge in [-0.25, -0.2) is 18.4 Å². The Morgan fingerprint density at radius 2 is 1.89 bits per heavy atom. The number of imidazole rings is 1. The zero-order chi connectivity index (χ0) is 27.0. The molecule has 2 fully saturated rings. The first-order valence-corrected chi connectivity index (χ1v) is 14.1. The topological polar surface area (TPSA) is 138 Å². The summed E-state index contributed by atoms with van der Waals surface area (Å²) in [5, 5.41) is 14.3. The van der Waals surface area contributed by atoms with Gasteiger partial charge in [-0.05, 0) is 37.5 Å². The van der Waals surface area contributed by atoms with Crippen LogP contribution in [-0.2, 0) is 21.2 Å².